The average molecular weight is 654 g/mol. The summed E-state index contributed by atoms with van der Waals surface area (Å²) in [5.41, 5.74) is 13.9. The Labute approximate surface area is 284 Å². The minimum Gasteiger partial charge on any atom is -0.229 e. The molecule has 1 atom stereocenters. The number of aryl methyl sites for hydroxylation is 1. The molecule has 1 unspecified atom stereocenters. The zero-order valence-corrected chi connectivity index (χ0v) is 33.1. The van der Waals surface area contributed by atoms with Gasteiger partial charge in [-0.1, -0.05) is 87.4 Å². The predicted molar refractivity (Wildman–Crippen MR) is 206 cm³/mol. The molecule has 5 rings (SSSR count). The first kappa shape index (κ1) is 43.1. The number of fused-ring (bicyclic) bond motifs is 6. The zero-order valence-electron chi connectivity index (χ0n) is 32.3. The standard InChI is InChI=1S/C32H36FN2.4C2H6.CH3FS/c1-10-17(2)26-15-24(33)16-27-25-13-11-12-14-28(25)35-31(23(8)34(9)32(35)30(26)27)29-21(6)19(4)18(3)20(5)22(29)7;4*1-2;1-3-2/h11-17H,10H2,1-9H3;4*1-2H3;1H3/q+1;;;;;. The molecule has 2 nitrogen and oxygen atoms in total. The number of imidazole rings is 1. The summed E-state index contributed by atoms with van der Waals surface area (Å²) < 4.78 is 30.0. The molecule has 0 radical (unpaired) electrons. The van der Waals surface area contributed by atoms with Crippen molar-refractivity contribution in [2.75, 3.05) is 6.26 Å². The van der Waals surface area contributed by atoms with Crippen molar-refractivity contribution in [1.29, 1.82) is 0 Å². The highest BCUT2D eigenvalue weighted by atomic mass is 32.2. The van der Waals surface area contributed by atoms with Gasteiger partial charge in [-0.15, -0.1) is 0 Å². The molecule has 0 aliphatic rings. The Morgan fingerprint density at radius 1 is 0.761 bits per heavy atom. The molecular weight excluding hydrogens is 591 g/mol. The van der Waals surface area contributed by atoms with Crippen LogP contribution in [0.4, 0.5) is 8.28 Å². The first-order chi connectivity index (χ1) is 22.0. The van der Waals surface area contributed by atoms with Gasteiger partial charge in [-0.3, -0.25) is 0 Å². The second-order valence-corrected chi connectivity index (χ2v) is 10.9. The predicted octanol–water partition coefficient (Wildman–Crippen LogP) is 13.6. The van der Waals surface area contributed by atoms with E-state index in [1.54, 1.807) is 12.1 Å². The molecule has 0 bridgehead atoms. The van der Waals surface area contributed by atoms with Crippen molar-refractivity contribution in [3.63, 3.8) is 0 Å². The maximum Gasteiger partial charge on any atom is 0.295 e. The van der Waals surface area contributed by atoms with Gasteiger partial charge >= 0.3 is 0 Å². The Balaban J connectivity index is 0.00000166. The number of hydrogen-bond donors (Lipinski definition) is 0. The fourth-order valence-corrected chi connectivity index (χ4v) is 5.99. The van der Waals surface area contributed by atoms with E-state index in [1.165, 1.54) is 51.0 Å². The topological polar surface area (TPSA) is 9.03 Å². The van der Waals surface area contributed by atoms with Crippen LogP contribution in [0.15, 0.2) is 36.4 Å². The smallest absolute Gasteiger partial charge is 0.229 e. The van der Waals surface area contributed by atoms with Crippen molar-refractivity contribution in [1.82, 2.24) is 4.57 Å². The van der Waals surface area contributed by atoms with E-state index in [1.807, 2.05) is 55.4 Å². The summed E-state index contributed by atoms with van der Waals surface area (Å²) in [7, 11) is 2.16. The Bertz CT molecular complexity index is 1670. The maximum atomic E-state index is 15.0. The van der Waals surface area contributed by atoms with Crippen LogP contribution in [0.2, 0.25) is 0 Å². The van der Waals surface area contributed by atoms with Gasteiger partial charge in [0.2, 0.25) is 0 Å². The van der Waals surface area contributed by atoms with E-state index in [0.717, 1.165) is 39.3 Å². The lowest BCUT2D eigenvalue weighted by Gasteiger charge is -2.18. The van der Waals surface area contributed by atoms with Crippen molar-refractivity contribution >= 4 is 39.5 Å². The van der Waals surface area contributed by atoms with E-state index in [2.05, 4.69) is 95.7 Å². The van der Waals surface area contributed by atoms with Gasteiger partial charge in [-0.2, -0.15) is 8.29 Å². The Hall–Kier alpha value is -2.92. The molecule has 2 heterocycles. The van der Waals surface area contributed by atoms with Crippen molar-refractivity contribution in [3.05, 3.63) is 81.3 Å². The summed E-state index contributed by atoms with van der Waals surface area (Å²) >= 11 is 0.250. The van der Waals surface area contributed by atoms with Gasteiger partial charge in [0.05, 0.1) is 12.4 Å². The van der Waals surface area contributed by atoms with Gasteiger partial charge in [0.25, 0.3) is 5.65 Å². The van der Waals surface area contributed by atoms with Crippen LogP contribution in [-0.2, 0) is 7.05 Å². The third-order valence-electron chi connectivity index (χ3n) is 8.77. The minimum absolute atomic E-state index is 0.162. The molecule has 2 aromatic heterocycles. The molecule has 5 aromatic rings. The normalized spacial score (nSPS) is 10.7. The van der Waals surface area contributed by atoms with Crippen molar-refractivity contribution in [3.8, 4) is 11.3 Å². The lowest BCUT2D eigenvalue weighted by atomic mass is 9.87. The van der Waals surface area contributed by atoms with Crippen molar-refractivity contribution < 1.29 is 12.7 Å². The van der Waals surface area contributed by atoms with E-state index < -0.39 is 0 Å². The Morgan fingerprint density at radius 2 is 1.22 bits per heavy atom. The maximum absolute atomic E-state index is 15.0. The summed E-state index contributed by atoms with van der Waals surface area (Å²) in [6, 6.07) is 12.0. The van der Waals surface area contributed by atoms with Crippen LogP contribution in [0.25, 0.3) is 38.6 Å². The number of nitrogens with zero attached hydrogens (tertiary/aromatic N) is 2. The SMILES string of the molecule is CC.CC.CC.CC.CCC(C)c1cc(F)cc2c3ccccc3[n+]3c(-c4c(C)c(C)c(C)c(C)c4C)c(C)n(C)c3c12.CSF. The first-order valence-corrected chi connectivity index (χ1v) is 18.4. The molecule has 46 heavy (non-hydrogen) atoms. The van der Waals surface area contributed by atoms with E-state index in [-0.39, 0.29) is 23.9 Å². The van der Waals surface area contributed by atoms with Gasteiger partial charge in [-0.25, -0.2) is 8.96 Å². The molecule has 0 amide bonds. The van der Waals surface area contributed by atoms with Crippen LogP contribution in [0.5, 0.6) is 0 Å². The fourth-order valence-electron chi connectivity index (χ4n) is 5.99. The summed E-state index contributed by atoms with van der Waals surface area (Å²) in [6.07, 6.45) is 2.34. The zero-order chi connectivity index (χ0) is 36.0. The molecule has 0 saturated heterocycles. The number of hydrogen-bond acceptors (Lipinski definition) is 1. The highest BCUT2D eigenvalue weighted by Crippen LogP contribution is 2.39. The monoisotopic (exact) mass is 653 g/mol. The molecule has 0 N–H and O–H groups in total. The lowest BCUT2D eigenvalue weighted by molar-refractivity contribution is -0.467. The molecule has 0 spiro atoms. The largest absolute Gasteiger partial charge is 0.295 e. The minimum atomic E-state index is -0.162. The number of para-hydroxylation sites is 1. The lowest BCUT2D eigenvalue weighted by Crippen LogP contribution is -2.26. The second kappa shape index (κ2) is 20.3. The van der Waals surface area contributed by atoms with Crippen molar-refractivity contribution in [2.45, 2.75) is 123 Å². The number of halogens is 2. The van der Waals surface area contributed by atoms with Gasteiger partial charge < -0.3 is 0 Å². The Morgan fingerprint density at radius 3 is 1.70 bits per heavy atom. The molecule has 256 valence electrons. The van der Waals surface area contributed by atoms with Crippen LogP contribution in [0.1, 0.15) is 121 Å². The second-order valence-electron chi connectivity index (χ2n) is 10.6. The summed E-state index contributed by atoms with van der Waals surface area (Å²) in [6.45, 7) is 33.8. The summed E-state index contributed by atoms with van der Waals surface area (Å²) in [4.78, 5) is 0. The average Bonchev–Trinajstić information content (AvgIpc) is 3.35. The molecule has 3 aromatic carbocycles. The fraction of sp³-hybridized carbons (Fsp3) is 0.488. The third-order valence-corrected chi connectivity index (χ3v) is 8.77. The van der Waals surface area contributed by atoms with E-state index >= 15 is 0 Å². The molecule has 0 aliphatic heterocycles. The van der Waals surface area contributed by atoms with Crippen LogP contribution in [-0.4, -0.2) is 10.8 Å². The summed E-state index contributed by atoms with van der Waals surface area (Å²) in [5.74, 6) is 0.0917. The van der Waals surface area contributed by atoms with E-state index in [9.17, 15) is 8.28 Å². The Kier molecular flexibility index (Phi) is 19.1. The van der Waals surface area contributed by atoms with Crippen LogP contribution in [0, 0.1) is 47.4 Å². The molecule has 0 saturated carbocycles. The highest BCUT2D eigenvalue weighted by Gasteiger charge is 2.31. The van der Waals surface area contributed by atoms with Crippen LogP contribution < -0.4 is 4.40 Å². The van der Waals surface area contributed by atoms with Gasteiger partial charge in [0, 0.05) is 41.7 Å². The number of rotatable bonds is 3. The van der Waals surface area contributed by atoms with Crippen LogP contribution in [0.3, 0.4) is 0 Å². The molecule has 0 fully saturated rings. The first-order valence-electron chi connectivity index (χ1n) is 17.3. The molecular formula is C41H63F2N2S+. The van der Waals surface area contributed by atoms with Gasteiger partial charge in [0.15, 0.2) is 5.69 Å². The number of pyridine rings is 1. The number of benzene rings is 3. The van der Waals surface area contributed by atoms with E-state index in [4.69, 9.17) is 0 Å². The van der Waals surface area contributed by atoms with Crippen LogP contribution >= 0.6 is 12.1 Å². The van der Waals surface area contributed by atoms with E-state index in [0.29, 0.717) is 0 Å². The highest BCUT2D eigenvalue weighted by molar-refractivity contribution is 7.93. The third kappa shape index (κ3) is 8.13. The quantitative estimate of drug-likeness (QED) is 0.139. The number of aromatic nitrogens is 2. The molecule has 0 aliphatic carbocycles. The summed E-state index contributed by atoms with van der Waals surface area (Å²) in [5, 5.41) is 3.24. The van der Waals surface area contributed by atoms with Gasteiger partial charge in [0.1, 0.15) is 17.0 Å². The van der Waals surface area contributed by atoms with Crippen molar-refractivity contribution in [2.24, 2.45) is 7.05 Å². The van der Waals surface area contributed by atoms with Gasteiger partial charge in [-0.05, 0) is 98.5 Å². The molecule has 5 heteroatoms.